The second kappa shape index (κ2) is 7.59. The fourth-order valence-electron chi connectivity index (χ4n) is 3.50. The number of allylic oxidation sites excluding steroid dienone is 3. The van der Waals surface area contributed by atoms with E-state index in [1.807, 2.05) is 0 Å². The Hall–Kier alpha value is -1.56. The number of fused-ring (bicyclic) bond motifs is 3. The molecule has 1 atom stereocenters. The lowest BCUT2D eigenvalue weighted by atomic mass is 10.1. The third-order valence-corrected chi connectivity index (χ3v) is 5.71. The number of hydrogen-bond donors (Lipinski definition) is 2. The van der Waals surface area contributed by atoms with Crippen LogP contribution < -0.4 is 5.32 Å². The molecule has 0 radical (unpaired) electrons. The zero-order valence-electron chi connectivity index (χ0n) is 14.3. The predicted molar refractivity (Wildman–Crippen MR) is 115 cm³/mol. The van der Waals surface area contributed by atoms with Crippen LogP contribution in [0, 0.1) is 0 Å². The molecule has 0 spiro atoms. The van der Waals surface area contributed by atoms with E-state index in [2.05, 4.69) is 96.4 Å². The van der Waals surface area contributed by atoms with Crippen molar-refractivity contribution in [1.29, 1.82) is 0 Å². The SMILES string of the molecule is OC(CNC1=CCCC=C1)Cn1c2ccc(Br)cc2c2cc(Br)ccc21. The van der Waals surface area contributed by atoms with Crippen LogP contribution in [0.2, 0.25) is 0 Å². The Bertz CT molecular complexity index is 960. The van der Waals surface area contributed by atoms with Gasteiger partial charge < -0.3 is 15.0 Å². The number of aromatic nitrogens is 1. The van der Waals surface area contributed by atoms with E-state index < -0.39 is 6.10 Å². The van der Waals surface area contributed by atoms with E-state index in [1.165, 1.54) is 10.8 Å². The summed E-state index contributed by atoms with van der Waals surface area (Å²) in [6.07, 6.45) is 8.12. The molecule has 2 aromatic carbocycles. The van der Waals surface area contributed by atoms with Gasteiger partial charge >= 0.3 is 0 Å². The molecule has 1 aliphatic rings. The number of nitrogens with one attached hydrogen (secondary N) is 1. The van der Waals surface area contributed by atoms with Crippen LogP contribution in [0.3, 0.4) is 0 Å². The van der Waals surface area contributed by atoms with E-state index in [1.54, 1.807) is 0 Å². The van der Waals surface area contributed by atoms with Gasteiger partial charge in [-0.1, -0.05) is 44.0 Å². The molecule has 0 amide bonds. The molecule has 1 aliphatic carbocycles. The van der Waals surface area contributed by atoms with Crippen LogP contribution in [0.5, 0.6) is 0 Å². The van der Waals surface area contributed by atoms with Crippen molar-refractivity contribution in [3.05, 3.63) is 69.3 Å². The normalized spacial score (nSPS) is 15.4. The smallest absolute Gasteiger partial charge is 0.0891 e. The molecular weight excluding hydrogens is 456 g/mol. The zero-order chi connectivity index (χ0) is 18.1. The molecule has 0 fully saturated rings. The lowest BCUT2D eigenvalue weighted by Crippen LogP contribution is -2.29. The number of halogens is 2. The van der Waals surface area contributed by atoms with Crippen LogP contribution in [0.4, 0.5) is 0 Å². The third kappa shape index (κ3) is 3.61. The van der Waals surface area contributed by atoms with Crippen LogP contribution in [-0.2, 0) is 6.54 Å². The number of benzene rings is 2. The zero-order valence-corrected chi connectivity index (χ0v) is 17.4. The van der Waals surface area contributed by atoms with Gasteiger partial charge in [0.2, 0.25) is 0 Å². The van der Waals surface area contributed by atoms with Crippen molar-refractivity contribution in [2.75, 3.05) is 6.54 Å². The van der Waals surface area contributed by atoms with Crippen LogP contribution in [0.1, 0.15) is 12.8 Å². The first-order chi connectivity index (χ1) is 12.6. The Morgan fingerprint density at radius 3 is 2.23 bits per heavy atom. The Balaban J connectivity index is 1.64. The average Bonchev–Trinajstić information content (AvgIpc) is 2.93. The second-order valence-corrected chi connectivity index (χ2v) is 8.44. The van der Waals surface area contributed by atoms with Gasteiger partial charge in [0.25, 0.3) is 0 Å². The molecule has 4 rings (SSSR count). The summed E-state index contributed by atoms with van der Waals surface area (Å²) >= 11 is 7.15. The Morgan fingerprint density at radius 1 is 1.00 bits per heavy atom. The fraction of sp³-hybridized carbons (Fsp3) is 0.238. The summed E-state index contributed by atoms with van der Waals surface area (Å²) in [4.78, 5) is 0. The van der Waals surface area contributed by atoms with Crippen LogP contribution >= 0.6 is 31.9 Å². The van der Waals surface area contributed by atoms with Gasteiger partial charge in [0.1, 0.15) is 0 Å². The standard InChI is InChI=1S/C21H20Br2N2O/c22-14-6-8-20-18(10-14)19-11-15(23)7-9-21(19)25(20)13-17(26)12-24-16-4-2-1-3-5-16/h2,4-11,17,24,26H,1,3,12-13H2. The summed E-state index contributed by atoms with van der Waals surface area (Å²) in [6.45, 7) is 1.08. The first-order valence-electron chi connectivity index (χ1n) is 8.77. The summed E-state index contributed by atoms with van der Waals surface area (Å²) in [6, 6.07) is 12.6. The molecule has 1 unspecified atom stereocenters. The van der Waals surface area contributed by atoms with E-state index in [0.717, 1.165) is 38.5 Å². The van der Waals surface area contributed by atoms with E-state index in [9.17, 15) is 5.11 Å². The Labute approximate surface area is 169 Å². The average molecular weight is 476 g/mol. The molecule has 2 N–H and O–H groups in total. The van der Waals surface area contributed by atoms with E-state index in [4.69, 9.17) is 0 Å². The van der Waals surface area contributed by atoms with Gasteiger partial charge in [0.05, 0.1) is 12.6 Å². The van der Waals surface area contributed by atoms with Crippen LogP contribution in [-0.4, -0.2) is 22.3 Å². The van der Waals surface area contributed by atoms with Crippen molar-refractivity contribution in [2.45, 2.75) is 25.5 Å². The number of aliphatic hydroxyl groups is 1. The van der Waals surface area contributed by atoms with Crippen molar-refractivity contribution in [3.8, 4) is 0 Å². The topological polar surface area (TPSA) is 37.2 Å². The minimum atomic E-state index is -0.475. The highest BCUT2D eigenvalue weighted by Gasteiger charge is 2.14. The molecule has 0 saturated heterocycles. The molecule has 0 aliphatic heterocycles. The van der Waals surface area contributed by atoms with Gasteiger partial charge in [-0.2, -0.15) is 0 Å². The molecule has 0 bridgehead atoms. The van der Waals surface area contributed by atoms with Gasteiger partial charge in [-0.3, -0.25) is 0 Å². The Kier molecular flexibility index (Phi) is 5.20. The summed E-state index contributed by atoms with van der Waals surface area (Å²) in [7, 11) is 0. The van der Waals surface area contributed by atoms with E-state index in [0.29, 0.717) is 13.1 Å². The summed E-state index contributed by atoms with van der Waals surface area (Å²) < 4.78 is 4.32. The molecule has 26 heavy (non-hydrogen) atoms. The van der Waals surface area contributed by atoms with Gasteiger partial charge in [-0.15, -0.1) is 0 Å². The van der Waals surface area contributed by atoms with Crippen molar-refractivity contribution in [1.82, 2.24) is 9.88 Å². The largest absolute Gasteiger partial charge is 0.389 e. The number of nitrogens with zero attached hydrogens (tertiary/aromatic N) is 1. The van der Waals surface area contributed by atoms with E-state index >= 15 is 0 Å². The number of rotatable bonds is 5. The molecule has 3 aromatic rings. The lowest BCUT2D eigenvalue weighted by molar-refractivity contribution is 0.158. The summed E-state index contributed by atoms with van der Waals surface area (Å²) in [5, 5.41) is 16.3. The second-order valence-electron chi connectivity index (χ2n) is 6.61. The van der Waals surface area contributed by atoms with Gasteiger partial charge in [-0.25, -0.2) is 0 Å². The quantitative estimate of drug-likeness (QED) is 0.510. The number of hydrogen-bond acceptors (Lipinski definition) is 2. The molecule has 0 saturated carbocycles. The van der Waals surface area contributed by atoms with Gasteiger partial charge in [-0.05, 0) is 55.3 Å². The highest BCUT2D eigenvalue weighted by molar-refractivity contribution is 9.10. The third-order valence-electron chi connectivity index (χ3n) is 4.72. The summed E-state index contributed by atoms with van der Waals surface area (Å²) in [5.41, 5.74) is 3.37. The van der Waals surface area contributed by atoms with Crippen LogP contribution in [0.25, 0.3) is 21.8 Å². The molecular formula is C21H20Br2N2O. The van der Waals surface area contributed by atoms with Gasteiger partial charge in [0.15, 0.2) is 0 Å². The van der Waals surface area contributed by atoms with Crippen molar-refractivity contribution < 1.29 is 5.11 Å². The van der Waals surface area contributed by atoms with E-state index in [-0.39, 0.29) is 0 Å². The minimum absolute atomic E-state index is 0.475. The van der Waals surface area contributed by atoms with Crippen molar-refractivity contribution in [3.63, 3.8) is 0 Å². The predicted octanol–water partition coefficient (Wildman–Crippen LogP) is 5.50. The first kappa shape index (κ1) is 17.8. The van der Waals surface area contributed by atoms with Gasteiger partial charge in [0, 0.05) is 43.0 Å². The minimum Gasteiger partial charge on any atom is -0.389 e. The highest BCUT2D eigenvalue weighted by atomic mass is 79.9. The summed E-state index contributed by atoms with van der Waals surface area (Å²) in [5.74, 6) is 0. The maximum absolute atomic E-state index is 10.6. The maximum Gasteiger partial charge on any atom is 0.0891 e. The molecule has 3 nitrogen and oxygen atoms in total. The maximum atomic E-state index is 10.6. The lowest BCUT2D eigenvalue weighted by Gasteiger charge is -2.17. The Morgan fingerprint density at radius 2 is 1.65 bits per heavy atom. The fourth-order valence-corrected chi connectivity index (χ4v) is 4.22. The molecule has 134 valence electrons. The number of aliphatic hydroxyl groups excluding tert-OH is 1. The molecule has 1 aromatic heterocycles. The molecule has 1 heterocycles. The molecule has 5 heteroatoms. The monoisotopic (exact) mass is 474 g/mol. The van der Waals surface area contributed by atoms with Crippen LogP contribution in [0.15, 0.2) is 69.3 Å². The van der Waals surface area contributed by atoms with Crippen molar-refractivity contribution in [2.24, 2.45) is 0 Å². The highest BCUT2D eigenvalue weighted by Crippen LogP contribution is 2.33. The van der Waals surface area contributed by atoms with Crippen molar-refractivity contribution >= 4 is 53.7 Å². The first-order valence-corrected chi connectivity index (χ1v) is 10.4.